The summed E-state index contributed by atoms with van der Waals surface area (Å²) in [7, 11) is 5.77. The lowest BCUT2D eigenvalue weighted by Crippen LogP contribution is -2.52. The van der Waals surface area contributed by atoms with Crippen LogP contribution in [0, 0.1) is 5.92 Å². The van der Waals surface area contributed by atoms with Gasteiger partial charge < -0.3 is 19.5 Å². The molecule has 1 aliphatic heterocycles. The number of nitrogens with one attached hydrogen (secondary N) is 1. The number of nitrogens with zero attached hydrogens (tertiary/aromatic N) is 2. The fourth-order valence-electron chi connectivity index (χ4n) is 3.95. The number of likely N-dealkylation sites (N-methyl/N-ethyl adjacent to an activating group) is 1. The largest absolute Gasteiger partial charge is 0.383 e. The molecule has 1 aromatic heterocycles. The van der Waals surface area contributed by atoms with E-state index in [2.05, 4.69) is 60.1 Å². The van der Waals surface area contributed by atoms with Crippen molar-refractivity contribution in [3.05, 3.63) is 30.0 Å². The number of hydrogen-bond donors (Lipinski definition) is 1. The second-order valence-corrected chi connectivity index (χ2v) is 7.10. The maximum absolute atomic E-state index is 12.9. The highest BCUT2D eigenvalue weighted by atomic mass is 16.5. The fraction of sp³-hybridized carbons (Fsp3) is 0.526. The number of methoxy groups -OCH3 is 1. The van der Waals surface area contributed by atoms with E-state index in [1.54, 1.807) is 7.11 Å². The van der Waals surface area contributed by atoms with Gasteiger partial charge in [-0.05, 0) is 30.0 Å². The maximum Gasteiger partial charge on any atom is 0.243 e. The number of aromatic nitrogens is 1. The molecule has 2 atom stereocenters. The van der Waals surface area contributed by atoms with Crippen LogP contribution in [0.4, 0.5) is 5.69 Å². The van der Waals surface area contributed by atoms with E-state index in [4.69, 9.17) is 4.74 Å². The van der Waals surface area contributed by atoms with Gasteiger partial charge in [-0.15, -0.1) is 0 Å². The first kappa shape index (κ1) is 16.8. The molecule has 0 radical (unpaired) electrons. The quantitative estimate of drug-likeness (QED) is 0.940. The Labute approximate surface area is 143 Å². The van der Waals surface area contributed by atoms with E-state index in [1.165, 1.54) is 16.5 Å². The third kappa shape index (κ3) is 2.77. The Bertz CT molecular complexity index is 750. The zero-order valence-electron chi connectivity index (χ0n) is 15.2. The van der Waals surface area contributed by atoms with E-state index in [9.17, 15) is 4.79 Å². The number of ether oxygens (including phenoxy) is 1. The molecule has 1 unspecified atom stereocenters. The molecule has 5 nitrogen and oxygen atoms in total. The minimum atomic E-state index is -0.207. The Kier molecular flexibility index (Phi) is 4.54. The Morgan fingerprint density at radius 2 is 2.08 bits per heavy atom. The van der Waals surface area contributed by atoms with Crippen LogP contribution in [0.25, 0.3) is 10.9 Å². The van der Waals surface area contributed by atoms with Gasteiger partial charge in [-0.2, -0.15) is 0 Å². The van der Waals surface area contributed by atoms with Crippen LogP contribution >= 0.6 is 0 Å². The van der Waals surface area contributed by atoms with Crippen molar-refractivity contribution in [3.8, 4) is 0 Å². The summed E-state index contributed by atoms with van der Waals surface area (Å²) in [5.74, 6) is 0.278. The molecule has 3 rings (SSSR count). The Balaban J connectivity index is 2.21. The van der Waals surface area contributed by atoms with Crippen LogP contribution in [-0.2, 0) is 23.0 Å². The number of hydrogen-bond acceptors (Lipinski definition) is 3. The molecule has 0 aliphatic carbocycles. The van der Waals surface area contributed by atoms with Crippen LogP contribution < -0.4 is 10.2 Å². The van der Waals surface area contributed by atoms with Gasteiger partial charge in [-0.3, -0.25) is 4.79 Å². The number of carbonyl (C=O) groups excluding carboxylic acids is 1. The second kappa shape index (κ2) is 6.48. The summed E-state index contributed by atoms with van der Waals surface area (Å²) in [6.45, 7) is 4.70. The van der Waals surface area contributed by atoms with E-state index < -0.39 is 0 Å². The van der Waals surface area contributed by atoms with Gasteiger partial charge in [-0.25, -0.2) is 0 Å². The van der Waals surface area contributed by atoms with Crippen molar-refractivity contribution in [2.24, 2.45) is 13.0 Å². The molecule has 0 spiro atoms. The van der Waals surface area contributed by atoms with Crippen molar-refractivity contribution in [2.75, 3.05) is 25.7 Å². The average Bonchev–Trinajstić information content (AvgIpc) is 2.84. The lowest BCUT2D eigenvalue weighted by Gasteiger charge is -2.32. The van der Waals surface area contributed by atoms with Gasteiger partial charge in [0.2, 0.25) is 5.91 Å². The third-order valence-electron chi connectivity index (χ3n) is 4.95. The van der Waals surface area contributed by atoms with Crippen molar-refractivity contribution >= 4 is 22.5 Å². The predicted octanol–water partition coefficient (Wildman–Crippen LogP) is 2.33. The van der Waals surface area contributed by atoms with Crippen LogP contribution in [0.3, 0.4) is 0 Å². The van der Waals surface area contributed by atoms with E-state index in [0.717, 1.165) is 12.1 Å². The fourth-order valence-corrected chi connectivity index (χ4v) is 3.95. The molecular weight excluding hydrogens is 302 g/mol. The summed E-state index contributed by atoms with van der Waals surface area (Å²) >= 11 is 0. The molecule has 24 heavy (non-hydrogen) atoms. The Morgan fingerprint density at radius 1 is 1.33 bits per heavy atom. The molecular formula is C19H27N3O2. The Morgan fingerprint density at radius 3 is 2.75 bits per heavy atom. The summed E-state index contributed by atoms with van der Waals surface area (Å²) in [5.41, 5.74) is 3.57. The number of carbonyl (C=O) groups is 1. The normalized spacial score (nSPS) is 21.6. The van der Waals surface area contributed by atoms with Crippen LogP contribution in [0.15, 0.2) is 24.4 Å². The molecule has 5 heteroatoms. The molecule has 0 fully saturated rings. The first-order valence-electron chi connectivity index (χ1n) is 8.53. The summed E-state index contributed by atoms with van der Waals surface area (Å²) in [4.78, 5) is 15.0. The molecule has 2 heterocycles. The highest BCUT2D eigenvalue weighted by Crippen LogP contribution is 2.34. The van der Waals surface area contributed by atoms with Crippen molar-refractivity contribution < 1.29 is 9.53 Å². The van der Waals surface area contributed by atoms with Gasteiger partial charge in [0, 0.05) is 38.5 Å². The molecule has 1 amide bonds. The number of aryl methyl sites for hydroxylation is 1. The zero-order chi connectivity index (χ0) is 17.4. The standard InChI is InChI=1S/C19H27N3O2/c1-12(2)18-19(23)20-14(11-24-5)9-13-10-21(3)15-7-6-8-16(17(13)15)22(18)4/h6-8,10,12,14,18H,9,11H2,1-5H3,(H,20,23)/t14?,18-/m0/s1. The van der Waals surface area contributed by atoms with Gasteiger partial charge in [-0.1, -0.05) is 19.9 Å². The molecule has 0 saturated carbocycles. The monoisotopic (exact) mass is 329 g/mol. The average molecular weight is 329 g/mol. The number of anilines is 1. The minimum absolute atomic E-state index is 0.0195. The number of rotatable bonds is 3. The summed E-state index contributed by atoms with van der Waals surface area (Å²) in [5, 5.41) is 4.44. The van der Waals surface area contributed by atoms with Crippen LogP contribution in [0.1, 0.15) is 19.4 Å². The van der Waals surface area contributed by atoms with Crippen LogP contribution in [0.2, 0.25) is 0 Å². The molecule has 1 N–H and O–H groups in total. The van der Waals surface area contributed by atoms with Crippen molar-refractivity contribution in [1.82, 2.24) is 9.88 Å². The topological polar surface area (TPSA) is 46.5 Å². The minimum Gasteiger partial charge on any atom is -0.383 e. The van der Waals surface area contributed by atoms with Crippen LogP contribution in [0.5, 0.6) is 0 Å². The Hall–Kier alpha value is -2.01. The molecule has 0 bridgehead atoms. The lowest BCUT2D eigenvalue weighted by molar-refractivity contribution is -0.124. The van der Waals surface area contributed by atoms with E-state index in [-0.39, 0.29) is 23.9 Å². The second-order valence-electron chi connectivity index (χ2n) is 7.10. The first-order chi connectivity index (χ1) is 11.4. The highest BCUT2D eigenvalue weighted by Gasteiger charge is 2.32. The molecule has 130 valence electrons. The van der Waals surface area contributed by atoms with E-state index in [1.807, 2.05) is 7.05 Å². The summed E-state index contributed by atoms with van der Waals surface area (Å²) < 4.78 is 7.51. The summed E-state index contributed by atoms with van der Waals surface area (Å²) in [6.07, 6.45) is 2.94. The number of benzene rings is 1. The van der Waals surface area contributed by atoms with Gasteiger partial charge in [0.25, 0.3) is 0 Å². The van der Waals surface area contributed by atoms with Crippen molar-refractivity contribution in [2.45, 2.75) is 32.4 Å². The van der Waals surface area contributed by atoms with Gasteiger partial charge >= 0.3 is 0 Å². The predicted molar refractivity (Wildman–Crippen MR) is 97.5 cm³/mol. The van der Waals surface area contributed by atoms with E-state index in [0.29, 0.717) is 6.61 Å². The maximum atomic E-state index is 12.9. The SMILES string of the molecule is COCC1Cc2cn(C)c3cccc(c23)N(C)[C@@H](C(C)C)C(=O)N1. The highest BCUT2D eigenvalue weighted by molar-refractivity contribution is 5.98. The smallest absolute Gasteiger partial charge is 0.243 e. The molecule has 2 aromatic rings. The summed E-state index contributed by atoms with van der Waals surface area (Å²) in [6, 6.07) is 6.09. The number of amides is 1. The van der Waals surface area contributed by atoms with Gasteiger partial charge in [0.1, 0.15) is 6.04 Å². The van der Waals surface area contributed by atoms with E-state index >= 15 is 0 Å². The molecule has 1 aliphatic rings. The lowest BCUT2D eigenvalue weighted by atomic mass is 10.0. The third-order valence-corrected chi connectivity index (χ3v) is 4.95. The van der Waals surface area contributed by atoms with Crippen molar-refractivity contribution in [1.29, 1.82) is 0 Å². The zero-order valence-corrected chi connectivity index (χ0v) is 15.2. The van der Waals surface area contributed by atoms with Crippen LogP contribution in [-0.4, -0.2) is 43.3 Å². The van der Waals surface area contributed by atoms with Gasteiger partial charge in [0.05, 0.1) is 18.2 Å². The molecule has 0 saturated heterocycles. The first-order valence-corrected chi connectivity index (χ1v) is 8.53. The molecule has 1 aromatic carbocycles. The van der Waals surface area contributed by atoms with Crippen molar-refractivity contribution in [3.63, 3.8) is 0 Å². The van der Waals surface area contributed by atoms with Gasteiger partial charge in [0.15, 0.2) is 0 Å².